The van der Waals surface area contributed by atoms with Gasteiger partial charge in [-0.3, -0.25) is 0 Å². The van der Waals surface area contributed by atoms with E-state index in [2.05, 4.69) is 0 Å². The third-order valence-electron chi connectivity index (χ3n) is 10.2. The van der Waals surface area contributed by atoms with Crippen LogP contribution in [0.25, 0.3) is 0 Å². The highest BCUT2D eigenvalue weighted by Gasteiger charge is 2.62. The number of benzene rings is 6. The Morgan fingerprint density at radius 1 is 0.623 bits per heavy atom. The largest absolute Gasteiger partial charge is 0.497 e. The maximum Gasteiger partial charge on any atom is 0.338 e. The van der Waals surface area contributed by atoms with Crippen molar-refractivity contribution in [2.24, 2.45) is 0 Å². The van der Waals surface area contributed by atoms with Gasteiger partial charge in [-0.05, 0) is 97.3 Å². The Labute approximate surface area is 352 Å². The number of hydrogen-bond donors (Lipinski definition) is 2. The molecule has 0 radical (unpaired) electrons. The molecule has 0 aliphatic carbocycles. The number of nitrogen functional groups attached to an aromatic ring is 1. The van der Waals surface area contributed by atoms with E-state index in [0.717, 1.165) is 5.56 Å². The number of aliphatic hydroxyl groups is 1. The van der Waals surface area contributed by atoms with Crippen molar-refractivity contribution in [3.05, 3.63) is 203 Å². The predicted molar refractivity (Wildman–Crippen MR) is 224 cm³/mol. The normalized spacial score (nSPS) is 20.0. The molecule has 0 bridgehead atoms. The first kappa shape index (κ1) is 41.9. The Bertz CT molecular complexity index is 2450. The van der Waals surface area contributed by atoms with Crippen LogP contribution in [0.2, 0.25) is 0 Å². The fourth-order valence-electron chi connectivity index (χ4n) is 7.13. The van der Waals surface area contributed by atoms with Gasteiger partial charge in [0, 0.05) is 11.3 Å². The molecule has 12 nitrogen and oxygen atoms in total. The van der Waals surface area contributed by atoms with Crippen LogP contribution in [0.15, 0.2) is 164 Å². The predicted octanol–water partition coefficient (Wildman–Crippen LogP) is 7.33. The SMILES string of the molecule is COc1ccc(Cc2ccc(N)cc2[C@@]2(O)O[C@H]([C@@H](C)OC(=O)c3ccccc3)[C@@H](OC(=O)c3ccccc3)[C@H](OC(=O)c3ccccc3)[C@H]2OC(=O)c2ccccc2)cc1. The lowest BCUT2D eigenvalue weighted by atomic mass is 9.83. The fraction of sp³-hybridized carbons (Fsp3) is 0.184. The molecule has 1 fully saturated rings. The summed E-state index contributed by atoms with van der Waals surface area (Å²) in [4.78, 5) is 56.0. The summed E-state index contributed by atoms with van der Waals surface area (Å²) in [5.74, 6) is -5.56. The van der Waals surface area contributed by atoms with Crippen LogP contribution in [0.1, 0.15) is 65.0 Å². The van der Waals surface area contributed by atoms with E-state index in [4.69, 9.17) is 34.2 Å². The molecule has 6 aromatic carbocycles. The number of carbonyl (C=O) groups excluding carboxylic acids is 4. The molecule has 1 aliphatic heterocycles. The molecule has 0 amide bonds. The van der Waals surface area contributed by atoms with Crippen LogP contribution >= 0.6 is 0 Å². The highest BCUT2D eigenvalue weighted by molar-refractivity contribution is 5.92. The highest BCUT2D eigenvalue weighted by Crippen LogP contribution is 2.45. The van der Waals surface area contributed by atoms with E-state index in [1.807, 2.05) is 12.1 Å². The minimum atomic E-state index is -2.73. The molecular weight excluding hydrogens is 779 g/mol. The van der Waals surface area contributed by atoms with Gasteiger partial charge >= 0.3 is 23.9 Å². The average molecular weight is 822 g/mol. The van der Waals surface area contributed by atoms with Crippen LogP contribution in [0.3, 0.4) is 0 Å². The molecule has 310 valence electrons. The summed E-state index contributed by atoms with van der Waals surface area (Å²) in [6, 6.07) is 44.2. The minimum Gasteiger partial charge on any atom is -0.497 e. The van der Waals surface area contributed by atoms with Gasteiger partial charge in [-0.2, -0.15) is 0 Å². The lowest BCUT2D eigenvalue weighted by Crippen LogP contribution is -2.68. The van der Waals surface area contributed by atoms with Crippen molar-refractivity contribution in [2.45, 2.75) is 49.7 Å². The van der Waals surface area contributed by atoms with Crippen molar-refractivity contribution in [1.82, 2.24) is 0 Å². The van der Waals surface area contributed by atoms with Crippen LogP contribution in [0, 0.1) is 0 Å². The van der Waals surface area contributed by atoms with E-state index >= 15 is 0 Å². The summed E-state index contributed by atoms with van der Waals surface area (Å²) in [6.45, 7) is 1.49. The molecule has 6 aromatic rings. The zero-order chi connectivity index (χ0) is 42.9. The second-order valence-electron chi connectivity index (χ2n) is 14.4. The van der Waals surface area contributed by atoms with Crippen molar-refractivity contribution >= 4 is 29.6 Å². The van der Waals surface area contributed by atoms with Crippen molar-refractivity contribution in [3.8, 4) is 5.75 Å². The van der Waals surface area contributed by atoms with Gasteiger partial charge in [0.05, 0.1) is 29.4 Å². The van der Waals surface area contributed by atoms with Crippen molar-refractivity contribution in [1.29, 1.82) is 0 Å². The Kier molecular flexibility index (Phi) is 12.9. The molecule has 1 aliphatic rings. The van der Waals surface area contributed by atoms with E-state index in [1.165, 1.54) is 49.4 Å². The van der Waals surface area contributed by atoms with Gasteiger partial charge in [0.1, 0.15) is 18.0 Å². The molecule has 3 N–H and O–H groups in total. The third kappa shape index (κ3) is 9.62. The number of nitrogens with two attached hydrogens (primary N) is 1. The van der Waals surface area contributed by atoms with Crippen LogP contribution in [-0.2, 0) is 35.9 Å². The second-order valence-corrected chi connectivity index (χ2v) is 14.4. The number of ether oxygens (including phenoxy) is 6. The molecule has 0 aromatic heterocycles. The molecule has 61 heavy (non-hydrogen) atoms. The first-order valence-electron chi connectivity index (χ1n) is 19.5. The molecule has 6 atom stereocenters. The van der Waals surface area contributed by atoms with Gasteiger partial charge in [-0.15, -0.1) is 0 Å². The Morgan fingerprint density at radius 2 is 1.08 bits per heavy atom. The fourth-order valence-corrected chi connectivity index (χ4v) is 7.13. The van der Waals surface area contributed by atoms with Gasteiger partial charge in [0.15, 0.2) is 12.2 Å². The van der Waals surface area contributed by atoms with Crippen LogP contribution in [0.4, 0.5) is 5.69 Å². The first-order valence-corrected chi connectivity index (χ1v) is 19.5. The average Bonchev–Trinajstić information content (AvgIpc) is 3.30. The smallest absolute Gasteiger partial charge is 0.338 e. The maximum absolute atomic E-state index is 14.2. The monoisotopic (exact) mass is 821 g/mol. The number of carbonyl (C=O) groups is 4. The zero-order valence-corrected chi connectivity index (χ0v) is 33.3. The van der Waals surface area contributed by atoms with E-state index < -0.39 is 60.2 Å². The Hall–Kier alpha value is -7.28. The molecule has 1 saturated heterocycles. The molecule has 12 heteroatoms. The highest BCUT2D eigenvalue weighted by atomic mass is 16.7. The second kappa shape index (κ2) is 18.8. The molecular formula is C49H43NO11. The number of anilines is 1. The lowest BCUT2D eigenvalue weighted by Gasteiger charge is -2.50. The van der Waals surface area contributed by atoms with Crippen molar-refractivity contribution in [2.75, 3.05) is 12.8 Å². The Balaban J connectivity index is 1.42. The summed E-state index contributed by atoms with van der Waals surface area (Å²) in [5.41, 5.74) is 8.46. The number of hydrogen-bond acceptors (Lipinski definition) is 12. The van der Waals surface area contributed by atoms with Crippen molar-refractivity contribution in [3.63, 3.8) is 0 Å². The van der Waals surface area contributed by atoms with E-state index in [0.29, 0.717) is 11.3 Å². The summed E-state index contributed by atoms with van der Waals surface area (Å²) in [5, 5.41) is 13.4. The topological polar surface area (TPSA) is 170 Å². The number of methoxy groups -OCH3 is 1. The summed E-state index contributed by atoms with van der Waals surface area (Å²) in [7, 11) is 1.56. The van der Waals surface area contributed by atoms with E-state index in [9.17, 15) is 24.3 Å². The lowest BCUT2D eigenvalue weighted by molar-refractivity contribution is -0.360. The van der Waals surface area contributed by atoms with Crippen LogP contribution in [-0.4, -0.2) is 66.6 Å². The van der Waals surface area contributed by atoms with Crippen LogP contribution < -0.4 is 10.5 Å². The third-order valence-corrected chi connectivity index (χ3v) is 10.2. The molecule has 1 heterocycles. The Morgan fingerprint density at radius 3 is 1.57 bits per heavy atom. The first-order chi connectivity index (χ1) is 29.5. The van der Waals surface area contributed by atoms with Gasteiger partial charge in [0.2, 0.25) is 11.9 Å². The zero-order valence-electron chi connectivity index (χ0n) is 33.3. The molecule has 0 saturated carbocycles. The van der Waals surface area contributed by atoms with Gasteiger partial charge in [0.25, 0.3) is 0 Å². The van der Waals surface area contributed by atoms with E-state index in [1.54, 1.807) is 116 Å². The quantitative estimate of drug-likeness (QED) is 0.0677. The number of rotatable bonds is 13. The maximum atomic E-state index is 14.2. The standard InChI is InChI=1S/C49H43NO11/c1-31(57-45(51)33-15-7-3-8-16-33)41-42(58-46(52)34-17-9-4-10-18-34)43(59-47(53)35-19-11-5-12-20-35)44(60-48(54)36-21-13-6-14-22-36)49(55,61-41)40-30-38(50)26-25-37(40)29-32-23-27-39(56-2)28-24-32/h3-28,30-31,41-44,55H,29,50H2,1-2H3/t31-,41-,42-,43+,44-,49-/m1/s1. The summed E-state index contributed by atoms with van der Waals surface area (Å²) in [6.07, 6.45) is -8.15. The van der Waals surface area contributed by atoms with Gasteiger partial charge in [-0.1, -0.05) is 91.0 Å². The summed E-state index contributed by atoms with van der Waals surface area (Å²) < 4.78 is 36.7. The molecule has 0 spiro atoms. The summed E-state index contributed by atoms with van der Waals surface area (Å²) >= 11 is 0. The van der Waals surface area contributed by atoms with Crippen LogP contribution in [0.5, 0.6) is 5.75 Å². The minimum absolute atomic E-state index is 0.0364. The number of esters is 4. The van der Waals surface area contributed by atoms with Crippen molar-refractivity contribution < 1.29 is 52.7 Å². The molecule has 0 unspecified atom stereocenters. The van der Waals surface area contributed by atoms with Gasteiger partial charge < -0.3 is 39.3 Å². The van der Waals surface area contributed by atoms with Gasteiger partial charge in [-0.25, -0.2) is 19.2 Å². The molecule has 7 rings (SSSR count). The van der Waals surface area contributed by atoms with E-state index in [-0.39, 0.29) is 39.9 Å².